The summed E-state index contributed by atoms with van der Waals surface area (Å²) in [6, 6.07) is 0.424. The molecule has 0 aromatic carbocycles. The number of ether oxygens (including phenoxy) is 1. The number of hydrogen-bond donors (Lipinski definition) is 1. The summed E-state index contributed by atoms with van der Waals surface area (Å²) < 4.78 is 5.16. The topological polar surface area (TPSA) is 34.1 Å². The number of aryl methyl sites for hydroxylation is 2. The van der Waals surface area contributed by atoms with Crippen LogP contribution in [0.4, 0.5) is 0 Å². The van der Waals surface area contributed by atoms with Gasteiger partial charge in [-0.1, -0.05) is 19.3 Å². The summed E-state index contributed by atoms with van der Waals surface area (Å²) >= 11 is 1.86. The Morgan fingerprint density at radius 3 is 2.63 bits per heavy atom. The first-order valence-corrected chi connectivity index (χ1v) is 8.20. The van der Waals surface area contributed by atoms with E-state index in [2.05, 4.69) is 19.2 Å². The molecule has 1 unspecified atom stereocenters. The van der Waals surface area contributed by atoms with Crippen LogP contribution in [0.15, 0.2) is 0 Å². The fraction of sp³-hybridized carbons (Fsp3) is 0.800. The van der Waals surface area contributed by atoms with Crippen LogP contribution in [0, 0.1) is 19.8 Å². The molecule has 1 aromatic rings. The zero-order valence-electron chi connectivity index (χ0n) is 12.4. The van der Waals surface area contributed by atoms with Gasteiger partial charge in [-0.2, -0.15) is 0 Å². The maximum atomic E-state index is 5.16. The molecule has 0 saturated heterocycles. The summed E-state index contributed by atoms with van der Waals surface area (Å²) in [7, 11) is 1.76. The second-order valence-electron chi connectivity index (χ2n) is 5.52. The number of nitrogens with one attached hydrogen (secondary N) is 1. The van der Waals surface area contributed by atoms with Crippen LogP contribution in [0.3, 0.4) is 0 Å². The van der Waals surface area contributed by atoms with Crippen molar-refractivity contribution in [2.75, 3.05) is 20.3 Å². The van der Waals surface area contributed by atoms with E-state index >= 15 is 0 Å². The fourth-order valence-corrected chi connectivity index (χ4v) is 3.96. The van der Waals surface area contributed by atoms with Gasteiger partial charge in [0.25, 0.3) is 0 Å². The normalized spacial score (nSPS) is 18.7. The van der Waals surface area contributed by atoms with Crippen molar-refractivity contribution in [3.63, 3.8) is 0 Å². The van der Waals surface area contributed by atoms with Gasteiger partial charge in [-0.05, 0) is 32.6 Å². The van der Waals surface area contributed by atoms with E-state index in [1.54, 1.807) is 7.11 Å². The third-order valence-electron chi connectivity index (χ3n) is 4.10. The Hall–Kier alpha value is -0.450. The summed E-state index contributed by atoms with van der Waals surface area (Å²) in [4.78, 5) is 6.13. The van der Waals surface area contributed by atoms with Gasteiger partial charge >= 0.3 is 0 Å². The van der Waals surface area contributed by atoms with Crippen molar-refractivity contribution in [3.05, 3.63) is 15.6 Å². The minimum Gasteiger partial charge on any atom is -0.383 e. The van der Waals surface area contributed by atoms with Crippen LogP contribution in [0.5, 0.6) is 0 Å². The Kier molecular flexibility index (Phi) is 5.79. The molecular formula is C15H26N2OS. The van der Waals surface area contributed by atoms with Crippen LogP contribution in [-0.4, -0.2) is 25.2 Å². The van der Waals surface area contributed by atoms with E-state index in [-0.39, 0.29) is 0 Å². The number of methoxy groups -OCH3 is 1. The molecule has 1 heterocycles. The predicted molar refractivity (Wildman–Crippen MR) is 80.8 cm³/mol. The van der Waals surface area contributed by atoms with E-state index in [1.165, 1.54) is 47.7 Å². The van der Waals surface area contributed by atoms with Crippen molar-refractivity contribution in [3.8, 4) is 0 Å². The van der Waals surface area contributed by atoms with E-state index in [4.69, 9.17) is 9.72 Å². The zero-order chi connectivity index (χ0) is 13.7. The lowest BCUT2D eigenvalue weighted by Crippen LogP contribution is -2.32. The van der Waals surface area contributed by atoms with Gasteiger partial charge in [0.15, 0.2) is 0 Å². The lowest BCUT2D eigenvalue weighted by molar-refractivity contribution is 0.184. The number of nitrogens with zero attached hydrogens (tertiary/aromatic N) is 1. The maximum Gasteiger partial charge on any atom is 0.110 e. The van der Waals surface area contributed by atoms with Gasteiger partial charge in [0.05, 0.1) is 18.3 Å². The molecule has 4 heteroatoms. The Bertz CT molecular complexity index is 366. The smallest absolute Gasteiger partial charge is 0.110 e. The minimum atomic E-state index is 0.424. The number of rotatable bonds is 6. The molecule has 0 bridgehead atoms. The van der Waals surface area contributed by atoms with E-state index in [0.29, 0.717) is 6.04 Å². The van der Waals surface area contributed by atoms with Crippen molar-refractivity contribution in [1.29, 1.82) is 0 Å². The van der Waals surface area contributed by atoms with Gasteiger partial charge in [-0.25, -0.2) is 4.98 Å². The Morgan fingerprint density at radius 1 is 1.32 bits per heavy atom. The summed E-state index contributed by atoms with van der Waals surface area (Å²) in [6.45, 7) is 5.97. The molecule has 3 nitrogen and oxygen atoms in total. The predicted octanol–water partition coefficient (Wildman–Crippen LogP) is 3.62. The molecule has 1 N–H and O–H groups in total. The second kappa shape index (κ2) is 7.36. The first-order chi connectivity index (χ1) is 9.22. The second-order valence-corrected chi connectivity index (χ2v) is 6.75. The molecule has 0 spiro atoms. The van der Waals surface area contributed by atoms with Gasteiger partial charge in [0.2, 0.25) is 0 Å². The van der Waals surface area contributed by atoms with Crippen LogP contribution in [0.25, 0.3) is 0 Å². The monoisotopic (exact) mass is 282 g/mol. The molecule has 1 saturated carbocycles. The van der Waals surface area contributed by atoms with E-state index < -0.39 is 0 Å². The van der Waals surface area contributed by atoms with Gasteiger partial charge in [-0.15, -0.1) is 11.3 Å². The van der Waals surface area contributed by atoms with Crippen molar-refractivity contribution in [2.24, 2.45) is 5.92 Å². The van der Waals surface area contributed by atoms with E-state index in [1.807, 2.05) is 11.3 Å². The van der Waals surface area contributed by atoms with Gasteiger partial charge in [-0.3, -0.25) is 0 Å². The highest BCUT2D eigenvalue weighted by molar-refractivity contribution is 7.11. The first-order valence-electron chi connectivity index (χ1n) is 7.38. The Labute approximate surface area is 120 Å². The molecular weight excluding hydrogens is 256 g/mol. The van der Waals surface area contributed by atoms with Crippen molar-refractivity contribution in [2.45, 2.75) is 52.0 Å². The molecule has 1 aliphatic carbocycles. The standard InChI is InChI=1S/C15H26N2OS/c1-11-12(2)19-15(17-11)14(16-9-10-18-3)13-7-5-4-6-8-13/h13-14,16H,4-10H2,1-3H3. The summed E-state index contributed by atoms with van der Waals surface area (Å²) in [5.41, 5.74) is 1.19. The lowest BCUT2D eigenvalue weighted by atomic mass is 9.84. The highest BCUT2D eigenvalue weighted by atomic mass is 32.1. The van der Waals surface area contributed by atoms with Crippen molar-refractivity contribution in [1.82, 2.24) is 10.3 Å². The van der Waals surface area contributed by atoms with Gasteiger partial charge < -0.3 is 10.1 Å². The Morgan fingerprint density at radius 2 is 2.05 bits per heavy atom. The van der Waals surface area contributed by atoms with Crippen LogP contribution in [-0.2, 0) is 4.74 Å². The molecule has 0 amide bonds. The van der Waals surface area contributed by atoms with Gasteiger partial charge in [0.1, 0.15) is 5.01 Å². The largest absolute Gasteiger partial charge is 0.383 e. The van der Waals surface area contributed by atoms with Crippen molar-refractivity contribution < 1.29 is 4.74 Å². The van der Waals surface area contributed by atoms with Crippen LogP contribution < -0.4 is 5.32 Å². The molecule has 108 valence electrons. The molecule has 1 aliphatic rings. The SMILES string of the molecule is COCCNC(c1nc(C)c(C)s1)C1CCCCC1. The minimum absolute atomic E-state index is 0.424. The highest BCUT2D eigenvalue weighted by Gasteiger charge is 2.27. The fourth-order valence-electron chi connectivity index (χ4n) is 2.87. The summed E-state index contributed by atoms with van der Waals surface area (Å²) in [6.07, 6.45) is 6.81. The number of hydrogen-bond acceptors (Lipinski definition) is 4. The molecule has 1 atom stereocenters. The zero-order valence-corrected chi connectivity index (χ0v) is 13.2. The quantitative estimate of drug-likeness (QED) is 0.809. The first kappa shape index (κ1) is 14.9. The average Bonchev–Trinajstić information content (AvgIpc) is 2.75. The number of thiazole rings is 1. The molecule has 19 heavy (non-hydrogen) atoms. The molecule has 1 fully saturated rings. The van der Waals surface area contributed by atoms with Crippen LogP contribution in [0.2, 0.25) is 0 Å². The maximum absolute atomic E-state index is 5.16. The lowest BCUT2D eigenvalue weighted by Gasteiger charge is -2.29. The third-order valence-corrected chi connectivity index (χ3v) is 5.26. The third kappa shape index (κ3) is 4.01. The molecule has 2 rings (SSSR count). The average molecular weight is 282 g/mol. The summed E-state index contributed by atoms with van der Waals surface area (Å²) in [5, 5.41) is 4.95. The summed E-state index contributed by atoms with van der Waals surface area (Å²) in [5.74, 6) is 0.746. The number of aromatic nitrogens is 1. The van der Waals surface area contributed by atoms with Crippen LogP contribution in [0.1, 0.15) is 53.7 Å². The van der Waals surface area contributed by atoms with E-state index in [9.17, 15) is 0 Å². The molecule has 1 aromatic heterocycles. The van der Waals surface area contributed by atoms with Crippen molar-refractivity contribution >= 4 is 11.3 Å². The molecule has 0 aliphatic heterocycles. The van der Waals surface area contributed by atoms with Gasteiger partial charge in [0, 0.05) is 18.5 Å². The molecule has 0 radical (unpaired) electrons. The highest BCUT2D eigenvalue weighted by Crippen LogP contribution is 2.36. The van der Waals surface area contributed by atoms with Crippen LogP contribution >= 0.6 is 11.3 Å². The Balaban J connectivity index is 2.07. The van der Waals surface area contributed by atoms with E-state index in [0.717, 1.165) is 19.1 Å².